The lowest BCUT2D eigenvalue weighted by Gasteiger charge is -2.12. The van der Waals surface area contributed by atoms with Crippen molar-refractivity contribution < 1.29 is 4.74 Å². The standard InChI is InChI=1S/C16H19NO.ClH/c1-2-7-16(17)13-8-6-11-15(12-13)18-14-9-4-3-5-10-14;/h3-6,8-12,16H,2,7,17H2,1H3;1H/t16-;/m1./s1. The fourth-order valence-corrected chi connectivity index (χ4v) is 1.91. The molecule has 0 amide bonds. The number of nitrogens with two attached hydrogens (primary N) is 1. The maximum Gasteiger partial charge on any atom is 0.127 e. The molecule has 2 rings (SSSR count). The Morgan fingerprint density at radius 2 is 1.68 bits per heavy atom. The molecule has 2 aromatic carbocycles. The van der Waals surface area contributed by atoms with Crippen molar-refractivity contribution in [2.45, 2.75) is 25.8 Å². The highest BCUT2D eigenvalue weighted by atomic mass is 35.5. The van der Waals surface area contributed by atoms with E-state index in [9.17, 15) is 0 Å². The quantitative estimate of drug-likeness (QED) is 0.860. The predicted octanol–water partition coefficient (Wildman–Crippen LogP) is 4.70. The fraction of sp³-hybridized carbons (Fsp3) is 0.250. The number of hydrogen-bond donors (Lipinski definition) is 1. The Hall–Kier alpha value is -1.51. The Kier molecular flexibility index (Phi) is 6.40. The zero-order valence-electron chi connectivity index (χ0n) is 11.1. The van der Waals surface area contributed by atoms with E-state index in [-0.39, 0.29) is 18.4 Å². The fourth-order valence-electron chi connectivity index (χ4n) is 1.91. The molecule has 3 heteroatoms. The van der Waals surface area contributed by atoms with Crippen molar-refractivity contribution in [1.82, 2.24) is 0 Å². The van der Waals surface area contributed by atoms with Crippen LogP contribution < -0.4 is 10.5 Å². The van der Waals surface area contributed by atoms with Crippen LogP contribution >= 0.6 is 12.4 Å². The van der Waals surface area contributed by atoms with E-state index in [1.807, 2.05) is 48.5 Å². The van der Waals surface area contributed by atoms with Crippen LogP contribution in [0.5, 0.6) is 11.5 Å². The number of hydrogen-bond acceptors (Lipinski definition) is 2. The molecule has 2 N–H and O–H groups in total. The van der Waals surface area contributed by atoms with Crippen LogP contribution in [0, 0.1) is 0 Å². The molecule has 1 atom stereocenters. The highest BCUT2D eigenvalue weighted by Gasteiger charge is 2.06. The van der Waals surface area contributed by atoms with Gasteiger partial charge in [-0.1, -0.05) is 43.7 Å². The number of para-hydroxylation sites is 1. The average Bonchev–Trinajstić information content (AvgIpc) is 2.40. The Morgan fingerprint density at radius 1 is 1.00 bits per heavy atom. The third-order valence-electron chi connectivity index (χ3n) is 2.86. The van der Waals surface area contributed by atoms with Crippen LogP contribution in [0.2, 0.25) is 0 Å². The van der Waals surface area contributed by atoms with E-state index >= 15 is 0 Å². The van der Waals surface area contributed by atoms with Crippen LogP contribution in [-0.4, -0.2) is 0 Å². The SMILES string of the molecule is CCC[C@@H](N)c1cccc(Oc2ccccc2)c1.Cl. The van der Waals surface area contributed by atoms with Gasteiger partial charge in [0.15, 0.2) is 0 Å². The molecule has 2 aromatic rings. The number of rotatable bonds is 5. The minimum Gasteiger partial charge on any atom is -0.457 e. The normalized spacial score (nSPS) is 11.5. The van der Waals surface area contributed by atoms with Gasteiger partial charge in [0.1, 0.15) is 11.5 Å². The van der Waals surface area contributed by atoms with Crippen molar-refractivity contribution in [2.75, 3.05) is 0 Å². The second kappa shape index (κ2) is 7.82. The molecular formula is C16H20ClNO. The molecule has 0 saturated heterocycles. The smallest absolute Gasteiger partial charge is 0.127 e. The molecule has 19 heavy (non-hydrogen) atoms. The van der Waals surface area contributed by atoms with Crippen molar-refractivity contribution in [3.8, 4) is 11.5 Å². The van der Waals surface area contributed by atoms with E-state index in [0.29, 0.717) is 0 Å². The lowest BCUT2D eigenvalue weighted by Crippen LogP contribution is -2.09. The molecule has 0 bridgehead atoms. The highest BCUT2D eigenvalue weighted by molar-refractivity contribution is 5.85. The van der Waals surface area contributed by atoms with Gasteiger partial charge >= 0.3 is 0 Å². The predicted molar refractivity (Wildman–Crippen MR) is 82.0 cm³/mol. The van der Waals surface area contributed by atoms with Crippen LogP contribution in [0.3, 0.4) is 0 Å². The monoisotopic (exact) mass is 277 g/mol. The summed E-state index contributed by atoms with van der Waals surface area (Å²) in [5.41, 5.74) is 7.24. The van der Waals surface area contributed by atoms with E-state index in [0.717, 1.165) is 29.9 Å². The molecule has 102 valence electrons. The van der Waals surface area contributed by atoms with E-state index < -0.39 is 0 Å². The van der Waals surface area contributed by atoms with Crippen LogP contribution in [0.15, 0.2) is 54.6 Å². The van der Waals surface area contributed by atoms with Gasteiger partial charge in [0.2, 0.25) is 0 Å². The molecule has 0 unspecified atom stereocenters. The van der Waals surface area contributed by atoms with Crippen LogP contribution in [0.25, 0.3) is 0 Å². The molecule has 0 radical (unpaired) electrons. The van der Waals surface area contributed by atoms with Crippen molar-refractivity contribution >= 4 is 12.4 Å². The van der Waals surface area contributed by atoms with E-state index in [4.69, 9.17) is 10.5 Å². The Morgan fingerprint density at radius 3 is 2.37 bits per heavy atom. The van der Waals surface area contributed by atoms with Crippen molar-refractivity contribution in [3.63, 3.8) is 0 Å². The van der Waals surface area contributed by atoms with Gasteiger partial charge in [-0.2, -0.15) is 0 Å². The minimum absolute atomic E-state index is 0. The highest BCUT2D eigenvalue weighted by Crippen LogP contribution is 2.25. The molecule has 0 fully saturated rings. The van der Waals surface area contributed by atoms with Crippen molar-refractivity contribution in [2.24, 2.45) is 5.73 Å². The van der Waals surface area contributed by atoms with Gasteiger partial charge in [-0.25, -0.2) is 0 Å². The summed E-state index contributed by atoms with van der Waals surface area (Å²) in [5.74, 6) is 1.68. The first-order valence-electron chi connectivity index (χ1n) is 6.38. The molecule has 0 aliphatic heterocycles. The zero-order chi connectivity index (χ0) is 12.8. The summed E-state index contributed by atoms with van der Waals surface area (Å²) in [6.07, 6.45) is 2.08. The van der Waals surface area contributed by atoms with Crippen LogP contribution in [-0.2, 0) is 0 Å². The molecule has 0 aliphatic rings. The number of halogens is 1. The maximum absolute atomic E-state index is 6.11. The maximum atomic E-state index is 6.11. The Bertz CT molecular complexity index is 487. The molecule has 0 heterocycles. The van der Waals surface area contributed by atoms with Crippen LogP contribution in [0.4, 0.5) is 0 Å². The lowest BCUT2D eigenvalue weighted by molar-refractivity contribution is 0.480. The molecule has 2 nitrogen and oxygen atoms in total. The first kappa shape index (κ1) is 15.5. The lowest BCUT2D eigenvalue weighted by atomic mass is 10.0. The molecule has 0 spiro atoms. The summed E-state index contributed by atoms with van der Waals surface area (Å²) in [6.45, 7) is 2.14. The number of ether oxygens (including phenoxy) is 1. The summed E-state index contributed by atoms with van der Waals surface area (Å²) in [5, 5.41) is 0. The third-order valence-corrected chi connectivity index (χ3v) is 2.86. The van der Waals surface area contributed by atoms with Gasteiger partial charge in [-0.3, -0.25) is 0 Å². The average molecular weight is 278 g/mol. The first-order valence-corrected chi connectivity index (χ1v) is 6.38. The van der Waals surface area contributed by atoms with Gasteiger partial charge < -0.3 is 10.5 Å². The molecule has 0 aromatic heterocycles. The zero-order valence-corrected chi connectivity index (χ0v) is 11.9. The first-order chi connectivity index (χ1) is 8.79. The summed E-state index contributed by atoms with van der Waals surface area (Å²) < 4.78 is 5.79. The molecular weight excluding hydrogens is 258 g/mol. The van der Waals surface area contributed by atoms with Gasteiger partial charge in [0.25, 0.3) is 0 Å². The number of benzene rings is 2. The summed E-state index contributed by atoms with van der Waals surface area (Å²) >= 11 is 0. The second-order valence-electron chi connectivity index (χ2n) is 4.38. The second-order valence-corrected chi connectivity index (χ2v) is 4.38. The topological polar surface area (TPSA) is 35.2 Å². The van der Waals surface area contributed by atoms with Crippen LogP contribution in [0.1, 0.15) is 31.4 Å². The minimum atomic E-state index is 0. The van der Waals surface area contributed by atoms with Crippen molar-refractivity contribution in [3.05, 3.63) is 60.2 Å². The van der Waals surface area contributed by atoms with E-state index in [2.05, 4.69) is 13.0 Å². The Labute approximate surface area is 121 Å². The summed E-state index contributed by atoms with van der Waals surface area (Å²) in [4.78, 5) is 0. The van der Waals surface area contributed by atoms with E-state index in [1.165, 1.54) is 0 Å². The summed E-state index contributed by atoms with van der Waals surface area (Å²) in [7, 11) is 0. The largest absolute Gasteiger partial charge is 0.457 e. The summed E-state index contributed by atoms with van der Waals surface area (Å²) in [6, 6.07) is 17.9. The Balaban J connectivity index is 0.00000180. The van der Waals surface area contributed by atoms with Crippen molar-refractivity contribution in [1.29, 1.82) is 0 Å². The van der Waals surface area contributed by atoms with Gasteiger partial charge in [0, 0.05) is 6.04 Å². The molecule has 0 aliphatic carbocycles. The van der Waals surface area contributed by atoms with Gasteiger partial charge in [-0.05, 0) is 36.2 Å². The third kappa shape index (κ3) is 4.58. The van der Waals surface area contributed by atoms with Gasteiger partial charge in [0.05, 0.1) is 0 Å². The van der Waals surface area contributed by atoms with E-state index in [1.54, 1.807) is 0 Å². The molecule has 0 saturated carbocycles. The van der Waals surface area contributed by atoms with Gasteiger partial charge in [-0.15, -0.1) is 12.4 Å².